The van der Waals surface area contributed by atoms with Crippen molar-refractivity contribution in [3.63, 3.8) is 0 Å². The van der Waals surface area contributed by atoms with E-state index in [4.69, 9.17) is 9.95 Å². The van der Waals surface area contributed by atoms with Crippen molar-refractivity contribution in [3.8, 4) is 0 Å². The van der Waals surface area contributed by atoms with Crippen molar-refractivity contribution in [1.29, 1.82) is 0 Å². The Morgan fingerprint density at radius 1 is 1.15 bits per heavy atom. The molecule has 0 unspecified atom stereocenters. The molecule has 0 atom stereocenters. The number of fused-ring (bicyclic) bond motifs is 1. The van der Waals surface area contributed by atoms with E-state index >= 15 is 0 Å². The van der Waals surface area contributed by atoms with Gasteiger partial charge in [0.1, 0.15) is 5.58 Å². The number of nitrogens with one attached hydrogen (secondary N) is 1. The van der Waals surface area contributed by atoms with Crippen LogP contribution in [0.25, 0.3) is 21.4 Å². The van der Waals surface area contributed by atoms with Crippen LogP contribution in [-0.2, 0) is 6.54 Å². The van der Waals surface area contributed by atoms with Gasteiger partial charge in [0.15, 0.2) is 0 Å². The summed E-state index contributed by atoms with van der Waals surface area (Å²) in [6, 6.07) is 14.6. The number of azide groups is 1. The minimum Gasteiger partial charge on any atom is -0.423 e. The summed E-state index contributed by atoms with van der Waals surface area (Å²) in [4.78, 5) is 17.1. The van der Waals surface area contributed by atoms with Crippen molar-refractivity contribution in [2.45, 2.75) is 20.4 Å². The van der Waals surface area contributed by atoms with Gasteiger partial charge in [0.05, 0.1) is 5.69 Å². The van der Waals surface area contributed by atoms with Crippen molar-refractivity contribution in [1.82, 2.24) is 0 Å². The van der Waals surface area contributed by atoms with Gasteiger partial charge in [-0.25, -0.2) is 4.79 Å². The monoisotopic (exact) mass is 363 g/mol. The van der Waals surface area contributed by atoms with Crippen LogP contribution >= 0.6 is 0 Å². The van der Waals surface area contributed by atoms with Gasteiger partial charge in [-0.3, -0.25) is 0 Å². The SMILES string of the molecule is CCN(CC)c1ccc2c(NCc3ccccc3N=[N+]=[N-])cc(=O)oc2c1. The molecule has 0 aliphatic rings. The van der Waals surface area contributed by atoms with E-state index in [1.807, 2.05) is 36.4 Å². The fourth-order valence-electron chi connectivity index (χ4n) is 3.08. The second kappa shape index (κ2) is 8.29. The Balaban J connectivity index is 1.95. The summed E-state index contributed by atoms with van der Waals surface area (Å²) in [5.41, 5.74) is 11.9. The first-order valence-corrected chi connectivity index (χ1v) is 8.86. The summed E-state index contributed by atoms with van der Waals surface area (Å²) < 4.78 is 5.41. The lowest BCUT2D eigenvalue weighted by Gasteiger charge is -2.21. The fourth-order valence-corrected chi connectivity index (χ4v) is 3.08. The maximum atomic E-state index is 12.0. The first-order valence-electron chi connectivity index (χ1n) is 8.86. The maximum absolute atomic E-state index is 12.0. The third-order valence-corrected chi connectivity index (χ3v) is 4.47. The molecule has 2 aromatic carbocycles. The number of hydrogen-bond donors (Lipinski definition) is 1. The quantitative estimate of drug-likeness (QED) is 0.270. The lowest BCUT2D eigenvalue weighted by atomic mass is 10.1. The van der Waals surface area contributed by atoms with Crippen molar-refractivity contribution in [2.24, 2.45) is 5.11 Å². The normalized spacial score (nSPS) is 10.4. The van der Waals surface area contributed by atoms with Gasteiger partial charge in [0, 0.05) is 53.4 Å². The molecule has 0 fully saturated rings. The number of anilines is 2. The smallest absolute Gasteiger partial charge is 0.338 e. The Hall–Kier alpha value is -3.44. The highest BCUT2D eigenvalue weighted by Gasteiger charge is 2.10. The second-order valence-electron chi connectivity index (χ2n) is 6.00. The highest BCUT2D eigenvalue weighted by molar-refractivity contribution is 5.91. The van der Waals surface area contributed by atoms with E-state index in [1.165, 1.54) is 6.07 Å². The average molecular weight is 363 g/mol. The topological polar surface area (TPSA) is 94.2 Å². The van der Waals surface area contributed by atoms with E-state index in [0.717, 1.165) is 29.7 Å². The molecule has 0 aliphatic heterocycles. The number of benzene rings is 2. The fraction of sp³-hybridized carbons (Fsp3) is 0.250. The van der Waals surface area contributed by atoms with Crippen LogP contribution in [0.1, 0.15) is 19.4 Å². The third-order valence-electron chi connectivity index (χ3n) is 4.47. The molecule has 3 aromatic rings. The molecule has 0 saturated carbocycles. The van der Waals surface area contributed by atoms with Crippen LogP contribution in [0.15, 0.2) is 62.9 Å². The van der Waals surface area contributed by atoms with Gasteiger partial charge in [-0.15, -0.1) is 0 Å². The number of nitrogens with zero attached hydrogens (tertiary/aromatic N) is 4. The van der Waals surface area contributed by atoms with E-state index in [-0.39, 0.29) is 0 Å². The van der Waals surface area contributed by atoms with Crippen molar-refractivity contribution >= 4 is 28.0 Å². The van der Waals surface area contributed by atoms with Crippen LogP contribution in [0.2, 0.25) is 0 Å². The van der Waals surface area contributed by atoms with Crippen LogP contribution in [0, 0.1) is 0 Å². The molecular weight excluding hydrogens is 342 g/mol. The Morgan fingerprint density at radius 3 is 2.67 bits per heavy atom. The van der Waals surface area contributed by atoms with Gasteiger partial charge in [-0.05, 0) is 37.1 Å². The molecule has 0 bridgehead atoms. The summed E-state index contributed by atoms with van der Waals surface area (Å²) in [6.45, 7) is 6.35. The van der Waals surface area contributed by atoms with Crippen LogP contribution in [0.3, 0.4) is 0 Å². The zero-order chi connectivity index (χ0) is 19.2. The zero-order valence-corrected chi connectivity index (χ0v) is 15.3. The number of rotatable bonds is 7. The Kier molecular flexibility index (Phi) is 5.64. The van der Waals surface area contributed by atoms with E-state index in [1.54, 1.807) is 6.07 Å². The zero-order valence-electron chi connectivity index (χ0n) is 15.3. The molecule has 1 heterocycles. The van der Waals surface area contributed by atoms with Gasteiger partial charge in [-0.1, -0.05) is 29.4 Å². The Morgan fingerprint density at radius 2 is 1.93 bits per heavy atom. The van der Waals surface area contributed by atoms with Crippen molar-refractivity contribution in [2.75, 3.05) is 23.3 Å². The molecule has 7 heteroatoms. The third kappa shape index (κ3) is 4.04. The number of hydrogen-bond acceptors (Lipinski definition) is 5. The van der Waals surface area contributed by atoms with Crippen LogP contribution < -0.4 is 15.8 Å². The van der Waals surface area contributed by atoms with Gasteiger partial charge in [-0.2, -0.15) is 0 Å². The largest absolute Gasteiger partial charge is 0.423 e. The highest BCUT2D eigenvalue weighted by Crippen LogP contribution is 2.28. The predicted octanol–water partition coefficient (Wildman–Crippen LogP) is 5.19. The Bertz CT molecular complexity index is 1050. The summed E-state index contributed by atoms with van der Waals surface area (Å²) in [5, 5.41) is 7.79. The molecule has 7 nitrogen and oxygen atoms in total. The molecule has 0 spiro atoms. The molecular formula is C20H21N5O2. The standard InChI is InChI=1S/C20H21N5O2/c1-3-25(4-2)15-9-10-16-18(12-20(26)27-19(16)11-15)22-13-14-7-5-6-8-17(14)23-24-21/h5-12,22H,3-4,13H2,1-2H3. The van der Waals surface area contributed by atoms with E-state index in [0.29, 0.717) is 23.5 Å². The van der Waals surface area contributed by atoms with Crippen molar-refractivity contribution < 1.29 is 4.42 Å². The van der Waals surface area contributed by atoms with Gasteiger partial charge < -0.3 is 14.6 Å². The second-order valence-corrected chi connectivity index (χ2v) is 6.00. The molecule has 0 amide bonds. The Labute approximate surface area is 156 Å². The summed E-state index contributed by atoms with van der Waals surface area (Å²) in [7, 11) is 0. The van der Waals surface area contributed by atoms with Crippen LogP contribution in [-0.4, -0.2) is 13.1 Å². The summed E-state index contributed by atoms with van der Waals surface area (Å²) in [5.74, 6) is 0. The molecule has 3 rings (SSSR count). The van der Waals surface area contributed by atoms with E-state index < -0.39 is 5.63 Å². The van der Waals surface area contributed by atoms with Crippen LogP contribution in [0.5, 0.6) is 0 Å². The summed E-state index contributed by atoms with van der Waals surface area (Å²) in [6.07, 6.45) is 0. The molecule has 0 radical (unpaired) electrons. The predicted molar refractivity (Wildman–Crippen MR) is 109 cm³/mol. The lowest BCUT2D eigenvalue weighted by Crippen LogP contribution is -2.21. The highest BCUT2D eigenvalue weighted by atomic mass is 16.4. The van der Waals surface area contributed by atoms with Gasteiger partial charge in [0.2, 0.25) is 0 Å². The van der Waals surface area contributed by atoms with Gasteiger partial charge >= 0.3 is 5.63 Å². The average Bonchev–Trinajstić information content (AvgIpc) is 2.68. The first-order chi connectivity index (χ1) is 13.2. The molecule has 1 N–H and O–H groups in total. The van der Waals surface area contributed by atoms with Crippen molar-refractivity contribution in [3.05, 3.63) is 75.0 Å². The molecule has 27 heavy (non-hydrogen) atoms. The molecule has 138 valence electrons. The van der Waals surface area contributed by atoms with E-state index in [9.17, 15) is 4.79 Å². The lowest BCUT2D eigenvalue weighted by molar-refractivity contribution is 0.561. The molecule has 1 aromatic heterocycles. The molecule has 0 aliphatic carbocycles. The minimum atomic E-state index is -0.412. The maximum Gasteiger partial charge on any atom is 0.338 e. The van der Waals surface area contributed by atoms with Crippen LogP contribution in [0.4, 0.5) is 17.1 Å². The minimum absolute atomic E-state index is 0.412. The first kappa shape index (κ1) is 18.4. The summed E-state index contributed by atoms with van der Waals surface area (Å²) >= 11 is 0. The molecule has 0 saturated heterocycles. The van der Waals surface area contributed by atoms with E-state index in [2.05, 4.69) is 34.1 Å². The van der Waals surface area contributed by atoms with Gasteiger partial charge in [0.25, 0.3) is 0 Å².